The van der Waals surface area contributed by atoms with E-state index in [2.05, 4.69) is 4.72 Å². The van der Waals surface area contributed by atoms with Crippen molar-refractivity contribution in [2.75, 3.05) is 11.3 Å². The van der Waals surface area contributed by atoms with Crippen LogP contribution in [0.2, 0.25) is 0 Å². The standard InChI is InChI=1S/C17H17NO4S/c1-12(19)13-4-2-6-16(11-13)23(20,21)18-15-7-8-17-14(10-15)5-3-9-22-17/h2,4,6-8,10-11,18H,3,5,9H2,1H3. The summed E-state index contributed by atoms with van der Waals surface area (Å²) < 4.78 is 33.1. The first-order valence-corrected chi connectivity index (χ1v) is 8.83. The lowest BCUT2D eigenvalue weighted by Gasteiger charge is -2.18. The Hall–Kier alpha value is -2.34. The molecule has 2 aromatic carbocycles. The van der Waals surface area contributed by atoms with Gasteiger partial charge in [0, 0.05) is 11.3 Å². The SMILES string of the molecule is CC(=O)c1cccc(S(=O)(=O)Nc2ccc3c(c2)CCCO3)c1. The monoisotopic (exact) mass is 331 g/mol. The molecule has 23 heavy (non-hydrogen) atoms. The van der Waals surface area contributed by atoms with E-state index >= 15 is 0 Å². The molecule has 2 aromatic rings. The number of aryl methyl sites for hydroxylation is 1. The minimum absolute atomic E-state index is 0.0687. The maximum Gasteiger partial charge on any atom is 0.261 e. The highest BCUT2D eigenvalue weighted by Gasteiger charge is 2.17. The Morgan fingerprint density at radius 2 is 2.00 bits per heavy atom. The van der Waals surface area contributed by atoms with Crippen LogP contribution < -0.4 is 9.46 Å². The second-order valence-corrected chi connectivity index (χ2v) is 7.15. The predicted molar refractivity (Wildman–Crippen MR) is 87.5 cm³/mol. The summed E-state index contributed by atoms with van der Waals surface area (Å²) in [6, 6.07) is 11.3. The van der Waals surface area contributed by atoms with E-state index in [0.717, 1.165) is 24.2 Å². The Kier molecular flexibility index (Phi) is 4.09. The second-order valence-electron chi connectivity index (χ2n) is 5.46. The molecule has 0 bridgehead atoms. The third-order valence-electron chi connectivity index (χ3n) is 3.71. The summed E-state index contributed by atoms with van der Waals surface area (Å²) in [6.45, 7) is 2.10. The van der Waals surface area contributed by atoms with Crippen molar-refractivity contribution in [2.45, 2.75) is 24.7 Å². The molecular formula is C17H17NO4S. The average molecular weight is 331 g/mol. The van der Waals surface area contributed by atoms with Gasteiger partial charge in [0.2, 0.25) is 0 Å². The van der Waals surface area contributed by atoms with Crippen LogP contribution in [-0.2, 0) is 16.4 Å². The van der Waals surface area contributed by atoms with Gasteiger partial charge < -0.3 is 4.74 Å². The van der Waals surface area contributed by atoms with Crippen LogP contribution in [-0.4, -0.2) is 20.8 Å². The third kappa shape index (κ3) is 3.37. The molecule has 5 nitrogen and oxygen atoms in total. The molecule has 1 heterocycles. The molecule has 1 N–H and O–H groups in total. The number of ether oxygens (including phenoxy) is 1. The van der Waals surface area contributed by atoms with Gasteiger partial charge in [-0.3, -0.25) is 9.52 Å². The molecule has 0 fully saturated rings. The number of carbonyl (C=O) groups is 1. The first-order valence-electron chi connectivity index (χ1n) is 7.35. The normalized spacial score (nSPS) is 13.8. The second kappa shape index (κ2) is 6.04. The van der Waals surface area contributed by atoms with E-state index in [1.165, 1.54) is 19.1 Å². The van der Waals surface area contributed by atoms with Gasteiger partial charge in [-0.05, 0) is 55.7 Å². The van der Waals surface area contributed by atoms with Crippen LogP contribution in [0.25, 0.3) is 0 Å². The minimum atomic E-state index is -3.74. The van der Waals surface area contributed by atoms with Crippen LogP contribution in [0.5, 0.6) is 5.75 Å². The zero-order valence-corrected chi connectivity index (χ0v) is 13.5. The smallest absolute Gasteiger partial charge is 0.261 e. The van der Waals surface area contributed by atoms with Crippen LogP contribution in [0.3, 0.4) is 0 Å². The van der Waals surface area contributed by atoms with E-state index in [1.807, 2.05) is 0 Å². The van der Waals surface area contributed by atoms with E-state index in [-0.39, 0.29) is 10.7 Å². The molecule has 0 amide bonds. The quantitative estimate of drug-likeness (QED) is 0.874. The summed E-state index contributed by atoms with van der Waals surface area (Å²) in [5.74, 6) is 0.630. The van der Waals surface area contributed by atoms with E-state index in [9.17, 15) is 13.2 Å². The summed E-state index contributed by atoms with van der Waals surface area (Å²) in [5.41, 5.74) is 1.85. The van der Waals surface area contributed by atoms with E-state index < -0.39 is 10.0 Å². The fraction of sp³-hybridized carbons (Fsp3) is 0.235. The van der Waals surface area contributed by atoms with Gasteiger partial charge >= 0.3 is 0 Å². The predicted octanol–water partition coefficient (Wildman–Crippen LogP) is 3.02. The van der Waals surface area contributed by atoms with Crippen molar-refractivity contribution in [1.82, 2.24) is 0 Å². The Morgan fingerprint density at radius 1 is 1.17 bits per heavy atom. The van der Waals surface area contributed by atoms with Crippen molar-refractivity contribution in [2.24, 2.45) is 0 Å². The number of benzene rings is 2. The lowest BCUT2D eigenvalue weighted by molar-refractivity contribution is 0.101. The lowest BCUT2D eigenvalue weighted by atomic mass is 10.1. The lowest BCUT2D eigenvalue weighted by Crippen LogP contribution is -2.14. The number of fused-ring (bicyclic) bond motifs is 1. The molecule has 0 aromatic heterocycles. The molecule has 0 radical (unpaired) electrons. The maximum atomic E-state index is 12.5. The van der Waals surface area contributed by atoms with Crippen LogP contribution in [0.15, 0.2) is 47.4 Å². The summed E-state index contributed by atoms with van der Waals surface area (Å²) in [5, 5.41) is 0. The van der Waals surface area contributed by atoms with Gasteiger partial charge in [0.05, 0.1) is 11.5 Å². The van der Waals surface area contributed by atoms with Gasteiger partial charge in [-0.15, -0.1) is 0 Å². The van der Waals surface area contributed by atoms with E-state index in [4.69, 9.17) is 4.74 Å². The number of Topliss-reactive ketones (excluding diaryl/α,β-unsaturated/α-hetero) is 1. The fourth-order valence-corrected chi connectivity index (χ4v) is 3.62. The molecular weight excluding hydrogens is 314 g/mol. The number of rotatable bonds is 4. The summed E-state index contributed by atoms with van der Waals surface area (Å²) in [4.78, 5) is 11.5. The Labute approximate surface area is 135 Å². The van der Waals surface area contributed by atoms with Crippen LogP contribution in [0.4, 0.5) is 5.69 Å². The molecule has 0 unspecified atom stereocenters. The fourth-order valence-electron chi connectivity index (χ4n) is 2.52. The number of nitrogens with one attached hydrogen (secondary N) is 1. The first-order chi connectivity index (χ1) is 11.0. The maximum absolute atomic E-state index is 12.5. The summed E-state index contributed by atoms with van der Waals surface area (Å²) in [7, 11) is -3.74. The summed E-state index contributed by atoms with van der Waals surface area (Å²) >= 11 is 0. The number of anilines is 1. The number of hydrogen-bond acceptors (Lipinski definition) is 4. The molecule has 1 aliphatic rings. The van der Waals surface area contributed by atoms with Crippen molar-refractivity contribution in [3.05, 3.63) is 53.6 Å². The van der Waals surface area contributed by atoms with Gasteiger partial charge in [-0.1, -0.05) is 12.1 Å². The molecule has 120 valence electrons. The van der Waals surface area contributed by atoms with Crippen LogP contribution in [0, 0.1) is 0 Å². The number of sulfonamides is 1. The largest absolute Gasteiger partial charge is 0.493 e. The summed E-state index contributed by atoms with van der Waals surface area (Å²) in [6.07, 6.45) is 1.79. The number of hydrogen-bond donors (Lipinski definition) is 1. The molecule has 0 spiro atoms. The molecule has 0 saturated carbocycles. The van der Waals surface area contributed by atoms with Gasteiger partial charge in [0.15, 0.2) is 5.78 Å². The molecule has 6 heteroatoms. The molecule has 1 aliphatic heterocycles. The van der Waals surface area contributed by atoms with Crippen LogP contribution in [0.1, 0.15) is 29.3 Å². The third-order valence-corrected chi connectivity index (χ3v) is 5.09. The minimum Gasteiger partial charge on any atom is -0.493 e. The Balaban J connectivity index is 1.89. The van der Waals surface area contributed by atoms with Crippen molar-refractivity contribution in [1.29, 1.82) is 0 Å². The van der Waals surface area contributed by atoms with Gasteiger partial charge in [0.25, 0.3) is 10.0 Å². The molecule has 0 aliphatic carbocycles. The van der Waals surface area contributed by atoms with Crippen molar-refractivity contribution >= 4 is 21.5 Å². The zero-order chi connectivity index (χ0) is 16.4. The van der Waals surface area contributed by atoms with Gasteiger partial charge in [0.1, 0.15) is 5.75 Å². The molecule has 0 atom stereocenters. The van der Waals surface area contributed by atoms with Crippen molar-refractivity contribution in [3.63, 3.8) is 0 Å². The van der Waals surface area contributed by atoms with Gasteiger partial charge in [-0.25, -0.2) is 8.42 Å². The average Bonchev–Trinajstić information content (AvgIpc) is 2.54. The van der Waals surface area contributed by atoms with Crippen molar-refractivity contribution in [3.8, 4) is 5.75 Å². The van der Waals surface area contributed by atoms with Crippen LogP contribution >= 0.6 is 0 Å². The van der Waals surface area contributed by atoms with Gasteiger partial charge in [-0.2, -0.15) is 0 Å². The highest BCUT2D eigenvalue weighted by molar-refractivity contribution is 7.92. The van der Waals surface area contributed by atoms with E-state index in [1.54, 1.807) is 30.3 Å². The Bertz CT molecular complexity index is 859. The highest BCUT2D eigenvalue weighted by atomic mass is 32.2. The molecule has 0 saturated heterocycles. The zero-order valence-electron chi connectivity index (χ0n) is 12.7. The van der Waals surface area contributed by atoms with Crippen molar-refractivity contribution < 1.29 is 17.9 Å². The van der Waals surface area contributed by atoms with E-state index in [0.29, 0.717) is 17.9 Å². The topological polar surface area (TPSA) is 72.5 Å². The Morgan fingerprint density at radius 3 is 2.78 bits per heavy atom. The number of ketones is 1. The number of carbonyl (C=O) groups excluding carboxylic acids is 1. The molecule has 3 rings (SSSR count). The first kappa shape index (κ1) is 15.6. The highest BCUT2D eigenvalue weighted by Crippen LogP contribution is 2.28.